The van der Waals surface area contributed by atoms with Gasteiger partial charge < -0.3 is 15.2 Å². The number of benzene rings is 1. The molecule has 3 aromatic rings. The van der Waals surface area contributed by atoms with Gasteiger partial charge in [0.05, 0.1) is 0 Å². The summed E-state index contributed by atoms with van der Waals surface area (Å²) in [5.41, 5.74) is 8.29. The predicted octanol–water partition coefficient (Wildman–Crippen LogP) is 2.55. The Hall–Kier alpha value is -2.99. The molecule has 3 heterocycles. The topological polar surface area (TPSA) is 85.2 Å². The van der Waals surface area contributed by atoms with E-state index in [4.69, 9.17) is 10.3 Å². The van der Waals surface area contributed by atoms with E-state index >= 15 is 0 Å². The first-order valence-electron chi connectivity index (χ1n) is 8.67. The number of nitrogens with two attached hydrogens (primary N) is 1. The number of likely N-dealkylation sites (tertiary alicyclic amines) is 1. The lowest BCUT2D eigenvalue weighted by atomic mass is 9.89. The first-order valence-corrected chi connectivity index (χ1v) is 8.67. The van der Waals surface area contributed by atoms with E-state index in [0.717, 1.165) is 5.56 Å². The van der Waals surface area contributed by atoms with Crippen molar-refractivity contribution in [2.75, 3.05) is 19.6 Å². The van der Waals surface area contributed by atoms with Crippen molar-refractivity contribution in [2.24, 2.45) is 11.7 Å². The molecule has 1 amide bonds. The predicted molar refractivity (Wildman–Crippen MR) is 97.4 cm³/mol. The molecule has 1 aromatic carbocycles. The number of pyridine rings is 1. The molecule has 26 heavy (non-hydrogen) atoms. The maximum absolute atomic E-state index is 12.9. The molecule has 0 unspecified atom stereocenters. The average Bonchev–Trinajstić information content (AvgIpc) is 3.36. The molecule has 6 nitrogen and oxygen atoms in total. The molecule has 1 fully saturated rings. The Labute approximate surface area is 151 Å². The summed E-state index contributed by atoms with van der Waals surface area (Å²) in [6.07, 6.45) is 3.37. The van der Waals surface area contributed by atoms with Crippen LogP contribution in [0.5, 0.6) is 0 Å². The monoisotopic (exact) mass is 348 g/mol. The second-order valence-electron chi connectivity index (χ2n) is 6.54. The minimum Gasteiger partial charge on any atom is -0.355 e. The minimum atomic E-state index is -0.124. The lowest BCUT2D eigenvalue weighted by molar-refractivity contribution is 0.0776. The third-order valence-electron chi connectivity index (χ3n) is 4.93. The first kappa shape index (κ1) is 16.5. The number of hydrogen-bond donors (Lipinski definition) is 1. The van der Waals surface area contributed by atoms with Crippen LogP contribution in [0.1, 0.15) is 22.0 Å². The van der Waals surface area contributed by atoms with Gasteiger partial charge in [-0.3, -0.25) is 9.78 Å². The highest BCUT2D eigenvalue weighted by molar-refractivity contribution is 5.93. The molecule has 2 atom stereocenters. The molecule has 4 rings (SSSR count). The van der Waals surface area contributed by atoms with Crippen LogP contribution >= 0.6 is 0 Å². The molecule has 1 saturated heterocycles. The fraction of sp³-hybridized carbons (Fsp3) is 0.250. The van der Waals surface area contributed by atoms with E-state index < -0.39 is 0 Å². The third kappa shape index (κ3) is 3.11. The largest absolute Gasteiger partial charge is 0.355 e. The third-order valence-corrected chi connectivity index (χ3v) is 4.93. The van der Waals surface area contributed by atoms with Gasteiger partial charge in [-0.05, 0) is 30.2 Å². The van der Waals surface area contributed by atoms with E-state index in [1.165, 1.54) is 5.56 Å². The highest BCUT2D eigenvalue weighted by Gasteiger charge is 2.36. The smallest absolute Gasteiger partial charge is 0.276 e. The molecule has 1 aliphatic heterocycles. The Bertz CT molecular complexity index is 879. The van der Waals surface area contributed by atoms with Crippen molar-refractivity contribution in [1.82, 2.24) is 15.0 Å². The zero-order valence-corrected chi connectivity index (χ0v) is 14.3. The van der Waals surface area contributed by atoms with Crippen molar-refractivity contribution >= 4 is 5.91 Å². The van der Waals surface area contributed by atoms with Crippen molar-refractivity contribution in [3.63, 3.8) is 0 Å². The van der Waals surface area contributed by atoms with Gasteiger partial charge in [0.1, 0.15) is 0 Å². The van der Waals surface area contributed by atoms with Gasteiger partial charge in [0, 0.05) is 43.0 Å². The maximum Gasteiger partial charge on any atom is 0.276 e. The summed E-state index contributed by atoms with van der Waals surface area (Å²) in [6.45, 7) is 1.81. The zero-order chi connectivity index (χ0) is 17.9. The number of rotatable bonds is 4. The van der Waals surface area contributed by atoms with E-state index in [1.807, 2.05) is 35.2 Å². The SMILES string of the molecule is NC[C@@H]1CN(C(=O)c2cc(-c3cccnc3)on2)C[C@H]1c1ccccc1. The fourth-order valence-corrected chi connectivity index (χ4v) is 3.54. The van der Waals surface area contributed by atoms with Gasteiger partial charge in [-0.1, -0.05) is 35.5 Å². The molecule has 0 aliphatic carbocycles. The molecule has 1 aliphatic rings. The summed E-state index contributed by atoms with van der Waals surface area (Å²) >= 11 is 0. The molecular formula is C20H20N4O2. The van der Waals surface area contributed by atoms with Gasteiger partial charge in [0.25, 0.3) is 5.91 Å². The van der Waals surface area contributed by atoms with Crippen LogP contribution in [-0.4, -0.2) is 40.6 Å². The summed E-state index contributed by atoms with van der Waals surface area (Å²) in [7, 11) is 0. The van der Waals surface area contributed by atoms with Crippen LogP contribution in [0, 0.1) is 5.92 Å². The molecule has 0 bridgehead atoms. The van der Waals surface area contributed by atoms with Gasteiger partial charge in [-0.2, -0.15) is 0 Å². The molecular weight excluding hydrogens is 328 g/mol. The summed E-state index contributed by atoms with van der Waals surface area (Å²) in [5, 5.41) is 3.96. The van der Waals surface area contributed by atoms with Crippen molar-refractivity contribution in [3.8, 4) is 11.3 Å². The van der Waals surface area contributed by atoms with E-state index in [2.05, 4.69) is 22.3 Å². The van der Waals surface area contributed by atoms with E-state index in [0.29, 0.717) is 31.1 Å². The maximum atomic E-state index is 12.9. The molecule has 0 saturated carbocycles. The Morgan fingerprint density at radius 2 is 2.04 bits per heavy atom. The van der Waals surface area contributed by atoms with Crippen LogP contribution < -0.4 is 5.73 Å². The summed E-state index contributed by atoms with van der Waals surface area (Å²) < 4.78 is 5.33. The fourth-order valence-electron chi connectivity index (χ4n) is 3.54. The summed E-state index contributed by atoms with van der Waals surface area (Å²) in [4.78, 5) is 18.8. The van der Waals surface area contributed by atoms with Crippen molar-refractivity contribution in [1.29, 1.82) is 0 Å². The number of carbonyl (C=O) groups excluding carboxylic acids is 1. The lowest BCUT2D eigenvalue weighted by Crippen LogP contribution is -2.30. The standard InChI is InChI=1S/C20H20N4O2/c21-10-16-12-24(13-17(16)14-5-2-1-3-6-14)20(25)18-9-19(26-23-18)15-7-4-8-22-11-15/h1-9,11,16-17H,10,12-13,21H2/t16-,17+/m1/s1. The zero-order valence-electron chi connectivity index (χ0n) is 14.3. The lowest BCUT2D eigenvalue weighted by Gasteiger charge is -2.16. The van der Waals surface area contributed by atoms with Crippen molar-refractivity contribution in [2.45, 2.75) is 5.92 Å². The van der Waals surface area contributed by atoms with Crippen LogP contribution in [0.4, 0.5) is 0 Å². The Balaban J connectivity index is 1.53. The van der Waals surface area contributed by atoms with Crippen LogP contribution in [-0.2, 0) is 0 Å². The molecule has 2 N–H and O–H groups in total. The number of nitrogens with zero attached hydrogens (tertiary/aromatic N) is 3. The molecule has 6 heteroatoms. The normalized spacial score (nSPS) is 19.7. The number of aromatic nitrogens is 2. The highest BCUT2D eigenvalue weighted by Crippen LogP contribution is 2.33. The van der Waals surface area contributed by atoms with Gasteiger partial charge in [0.15, 0.2) is 11.5 Å². The van der Waals surface area contributed by atoms with Gasteiger partial charge >= 0.3 is 0 Å². The number of carbonyl (C=O) groups is 1. The second kappa shape index (κ2) is 7.09. The number of amides is 1. The van der Waals surface area contributed by atoms with Crippen LogP contribution in [0.15, 0.2) is 65.4 Å². The molecule has 0 spiro atoms. The quantitative estimate of drug-likeness (QED) is 0.783. The van der Waals surface area contributed by atoms with Crippen LogP contribution in [0.2, 0.25) is 0 Å². The second-order valence-corrected chi connectivity index (χ2v) is 6.54. The Morgan fingerprint density at radius 3 is 2.77 bits per heavy atom. The van der Waals surface area contributed by atoms with E-state index in [1.54, 1.807) is 18.5 Å². The summed E-state index contributed by atoms with van der Waals surface area (Å²) in [6, 6.07) is 15.6. The Kier molecular flexibility index (Phi) is 4.50. The van der Waals surface area contributed by atoms with Gasteiger partial charge in [0.2, 0.25) is 0 Å². The van der Waals surface area contributed by atoms with E-state index in [9.17, 15) is 4.79 Å². The van der Waals surface area contributed by atoms with Crippen molar-refractivity contribution < 1.29 is 9.32 Å². The minimum absolute atomic E-state index is 0.124. The first-order chi connectivity index (χ1) is 12.8. The van der Waals surface area contributed by atoms with Crippen molar-refractivity contribution in [3.05, 3.63) is 72.2 Å². The molecule has 2 aromatic heterocycles. The average molecular weight is 348 g/mol. The van der Waals surface area contributed by atoms with Gasteiger partial charge in [-0.25, -0.2) is 0 Å². The van der Waals surface area contributed by atoms with Crippen LogP contribution in [0.3, 0.4) is 0 Å². The number of hydrogen-bond acceptors (Lipinski definition) is 5. The highest BCUT2D eigenvalue weighted by atomic mass is 16.5. The molecule has 132 valence electrons. The van der Waals surface area contributed by atoms with Gasteiger partial charge in [-0.15, -0.1) is 0 Å². The Morgan fingerprint density at radius 1 is 1.19 bits per heavy atom. The summed E-state index contributed by atoms with van der Waals surface area (Å²) in [5.74, 6) is 0.900. The molecule has 0 radical (unpaired) electrons. The van der Waals surface area contributed by atoms with E-state index in [-0.39, 0.29) is 17.7 Å². The van der Waals surface area contributed by atoms with Crippen LogP contribution in [0.25, 0.3) is 11.3 Å².